The summed E-state index contributed by atoms with van der Waals surface area (Å²) in [6.07, 6.45) is 12.8. The van der Waals surface area contributed by atoms with Crippen molar-refractivity contribution in [3.8, 4) is 0 Å². The molecular formula is C45H82O15. The second-order valence-electron chi connectivity index (χ2n) is 16.6. The first-order chi connectivity index (χ1) is 29.0. The topological polar surface area (TPSA) is 231 Å². The second-order valence-corrected chi connectivity index (χ2v) is 16.6. The average Bonchev–Trinajstić information content (AvgIpc) is 3.24. The van der Waals surface area contributed by atoms with Gasteiger partial charge in [0.1, 0.15) is 55.4 Å². The molecule has 4 unspecified atom stereocenters. The molecule has 15 heteroatoms. The standard InChI is InChI=1S/C45H82O15/c1-3-5-7-9-11-12-13-14-15-16-17-18-19-20-22-23-25-27-36(47)55-30-33(58-37(48)28-26-24-21-10-8-6-4-2)31-56-44-43(54)41(52)39(50)35(60-44)32-57-45-42(53)40(51)38(49)34(29-46)59-45/h12-13,33-35,38-46,49-54H,3-11,14-32H2,1-2H3/b13-12+/t33-,34+,35+,38-,39-,40?,41?,42?,43?,44+,45+/m0/s1. The largest absolute Gasteiger partial charge is 0.462 e. The monoisotopic (exact) mass is 863 g/mol. The van der Waals surface area contributed by atoms with Crippen LogP contribution in [0, 0.1) is 0 Å². The minimum absolute atomic E-state index is 0.166. The average molecular weight is 863 g/mol. The molecule has 0 aliphatic carbocycles. The lowest BCUT2D eigenvalue weighted by Gasteiger charge is -2.42. The van der Waals surface area contributed by atoms with E-state index < -0.39 is 92.7 Å². The predicted molar refractivity (Wildman–Crippen MR) is 224 cm³/mol. The number of carbonyl (C=O) groups excluding carboxylic acids is 2. The lowest BCUT2D eigenvalue weighted by atomic mass is 9.98. The molecule has 11 atom stereocenters. The molecule has 0 saturated carbocycles. The zero-order valence-corrected chi connectivity index (χ0v) is 36.7. The van der Waals surface area contributed by atoms with Crippen LogP contribution in [0.1, 0.15) is 168 Å². The van der Waals surface area contributed by atoms with Crippen molar-refractivity contribution < 1.29 is 73.8 Å². The van der Waals surface area contributed by atoms with Gasteiger partial charge in [-0.25, -0.2) is 0 Å². The van der Waals surface area contributed by atoms with E-state index in [2.05, 4.69) is 26.0 Å². The summed E-state index contributed by atoms with van der Waals surface area (Å²) in [4.78, 5) is 25.5. The third kappa shape index (κ3) is 22.5. The Labute approximate surface area is 359 Å². The van der Waals surface area contributed by atoms with Crippen molar-refractivity contribution in [1.29, 1.82) is 0 Å². The smallest absolute Gasteiger partial charge is 0.306 e. The Bertz CT molecular complexity index is 1110. The molecule has 2 aliphatic rings. The maximum atomic E-state index is 12.8. The molecule has 0 aromatic rings. The molecule has 2 rings (SSSR count). The third-order valence-electron chi connectivity index (χ3n) is 11.2. The molecule has 352 valence electrons. The second kappa shape index (κ2) is 33.8. The number of aliphatic hydroxyl groups is 7. The van der Waals surface area contributed by atoms with Crippen LogP contribution in [-0.4, -0.2) is 142 Å². The Kier molecular flexibility index (Phi) is 30.6. The predicted octanol–water partition coefficient (Wildman–Crippen LogP) is 5.04. The SMILES string of the molecule is CCCCCC/C=C/CCCCCCCCCCCC(=O)OC[C@@H](CO[C@@H]1O[C@H](CO[C@@H]2O[C@H](CO)[C@H](O)C(O)C2O)[C@H](O)C(O)C1O)OC(=O)CCCCCCCCC. The van der Waals surface area contributed by atoms with Crippen LogP contribution in [0.4, 0.5) is 0 Å². The Hall–Kier alpha value is -1.76. The maximum absolute atomic E-state index is 12.8. The number of allylic oxidation sites excluding steroid dienone is 2. The van der Waals surface area contributed by atoms with E-state index in [1.165, 1.54) is 77.0 Å². The van der Waals surface area contributed by atoms with Crippen molar-refractivity contribution in [1.82, 2.24) is 0 Å². The van der Waals surface area contributed by atoms with Gasteiger partial charge in [0.05, 0.1) is 19.8 Å². The van der Waals surface area contributed by atoms with Crippen molar-refractivity contribution >= 4 is 11.9 Å². The molecule has 2 heterocycles. The molecule has 2 fully saturated rings. The maximum Gasteiger partial charge on any atom is 0.306 e. The normalized spacial score (nSPS) is 27.6. The van der Waals surface area contributed by atoms with Crippen LogP contribution in [0.5, 0.6) is 0 Å². The van der Waals surface area contributed by atoms with Crippen LogP contribution in [0.15, 0.2) is 12.2 Å². The lowest BCUT2D eigenvalue weighted by molar-refractivity contribution is -0.332. The molecule has 0 aromatic carbocycles. The van der Waals surface area contributed by atoms with Crippen molar-refractivity contribution in [3.63, 3.8) is 0 Å². The van der Waals surface area contributed by atoms with E-state index in [0.29, 0.717) is 12.8 Å². The van der Waals surface area contributed by atoms with Crippen molar-refractivity contribution in [2.45, 2.75) is 235 Å². The van der Waals surface area contributed by atoms with Crippen LogP contribution in [0.3, 0.4) is 0 Å². The van der Waals surface area contributed by atoms with Crippen molar-refractivity contribution in [3.05, 3.63) is 12.2 Å². The van der Waals surface area contributed by atoms with Gasteiger partial charge in [0, 0.05) is 12.8 Å². The molecule has 60 heavy (non-hydrogen) atoms. The highest BCUT2D eigenvalue weighted by atomic mass is 16.7. The van der Waals surface area contributed by atoms with E-state index in [0.717, 1.165) is 51.4 Å². The lowest BCUT2D eigenvalue weighted by Crippen LogP contribution is -2.61. The van der Waals surface area contributed by atoms with Crippen molar-refractivity contribution in [2.24, 2.45) is 0 Å². The molecular weight excluding hydrogens is 780 g/mol. The van der Waals surface area contributed by atoms with E-state index in [4.69, 9.17) is 28.4 Å². The fourth-order valence-corrected chi connectivity index (χ4v) is 7.33. The van der Waals surface area contributed by atoms with Gasteiger partial charge in [0.2, 0.25) is 0 Å². The van der Waals surface area contributed by atoms with E-state index in [1.807, 2.05) is 0 Å². The summed E-state index contributed by atoms with van der Waals surface area (Å²) >= 11 is 0. The molecule has 2 saturated heterocycles. The van der Waals surface area contributed by atoms with Gasteiger partial charge in [-0.15, -0.1) is 0 Å². The summed E-state index contributed by atoms with van der Waals surface area (Å²) < 4.78 is 33.4. The first-order valence-corrected chi connectivity index (χ1v) is 23.3. The van der Waals surface area contributed by atoms with Gasteiger partial charge < -0.3 is 64.2 Å². The molecule has 15 nitrogen and oxygen atoms in total. The summed E-state index contributed by atoms with van der Waals surface area (Å²) in [5, 5.41) is 71.7. The van der Waals surface area contributed by atoms with Crippen LogP contribution in [0.25, 0.3) is 0 Å². The van der Waals surface area contributed by atoms with Crippen molar-refractivity contribution in [2.75, 3.05) is 26.4 Å². The van der Waals surface area contributed by atoms with Gasteiger partial charge in [-0.2, -0.15) is 0 Å². The summed E-state index contributed by atoms with van der Waals surface area (Å²) in [5.74, 6) is -0.930. The minimum atomic E-state index is -1.76. The molecule has 0 radical (unpaired) electrons. The van der Waals surface area contributed by atoms with Gasteiger partial charge in [-0.1, -0.05) is 129 Å². The quantitative estimate of drug-likeness (QED) is 0.0252. The summed E-state index contributed by atoms with van der Waals surface area (Å²) in [5.41, 5.74) is 0. The van der Waals surface area contributed by atoms with E-state index in [9.17, 15) is 45.3 Å². The molecule has 2 aliphatic heterocycles. The number of aliphatic hydroxyl groups excluding tert-OH is 7. The van der Waals surface area contributed by atoms with Crippen LogP contribution in [-0.2, 0) is 38.0 Å². The Balaban J connectivity index is 1.79. The summed E-state index contributed by atoms with van der Waals surface area (Å²) in [6, 6.07) is 0. The van der Waals surface area contributed by atoms with Gasteiger partial charge in [0.15, 0.2) is 18.7 Å². The molecule has 0 aromatic heterocycles. The Morgan fingerprint density at radius 3 is 1.48 bits per heavy atom. The molecule has 7 N–H and O–H groups in total. The first-order valence-electron chi connectivity index (χ1n) is 23.3. The first kappa shape index (κ1) is 54.4. The minimum Gasteiger partial charge on any atom is -0.462 e. The van der Waals surface area contributed by atoms with Gasteiger partial charge in [-0.05, 0) is 38.5 Å². The van der Waals surface area contributed by atoms with E-state index in [1.54, 1.807) is 0 Å². The summed E-state index contributed by atoms with van der Waals surface area (Å²) in [6.45, 7) is 2.51. The zero-order chi connectivity index (χ0) is 44.0. The van der Waals surface area contributed by atoms with Gasteiger partial charge in [0.25, 0.3) is 0 Å². The highest BCUT2D eigenvalue weighted by molar-refractivity contribution is 5.70. The van der Waals surface area contributed by atoms with Crippen LogP contribution in [0.2, 0.25) is 0 Å². The number of rotatable bonds is 35. The fraction of sp³-hybridized carbons (Fsp3) is 0.911. The highest BCUT2D eigenvalue weighted by Crippen LogP contribution is 2.26. The third-order valence-corrected chi connectivity index (χ3v) is 11.2. The van der Waals surface area contributed by atoms with Gasteiger partial charge >= 0.3 is 11.9 Å². The number of hydrogen-bond acceptors (Lipinski definition) is 15. The zero-order valence-electron chi connectivity index (χ0n) is 36.7. The van der Waals surface area contributed by atoms with E-state index in [-0.39, 0.29) is 26.1 Å². The van der Waals surface area contributed by atoms with Crippen LogP contribution >= 0.6 is 0 Å². The fourth-order valence-electron chi connectivity index (χ4n) is 7.33. The number of unbranched alkanes of at least 4 members (excludes halogenated alkanes) is 19. The molecule has 0 amide bonds. The number of carbonyl (C=O) groups is 2. The molecule has 0 spiro atoms. The van der Waals surface area contributed by atoms with Gasteiger partial charge in [-0.3, -0.25) is 9.59 Å². The summed E-state index contributed by atoms with van der Waals surface area (Å²) in [7, 11) is 0. The Morgan fingerprint density at radius 2 is 0.950 bits per heavy atom. The van der Waals surface area contributed by atoms with E-state index >= 15 is 0 Å². The van der Waals surface area contributed by atoms with Crippen LogP contribution < -0.4 is 0 Å². The molecule has 0 bridgehead atoms. The highest BCUT2D eigenvalue weighted by Gasteiger charge is 2.47. The number of hydrogen-bond donors (Lipinski definition) is 7. The Morgan fingerprint density at radius 1 is 0.517 bits per heavy atom. The number of esters is 2. The number of ether oxygens (including phenoxy) is 6.